The molecular formula is C18H30O20S. The molecule has 0 aromatic rings. The van der Waals surface area contributed by atoms with Gasteiger partial charge in [-0.25, -0.2) is 4.18 Å². The van der Waals surface area contributed by atoms with E-state index in [1.165, 1.54) is 0 Å². The van der Waals surface area contributed by atoms with E-state index < -0.39 is 122 Å². The van der Waals surface area contributed by atoms with Crippen molar-refractivity contribution in [1.82, 2.24) is 0 Å². The molecule has 4 saturated heterocycles. The Bertz CT molecular complexity index is 964. The quantitative estimate of drug-likeness (QED) is 0.129. The molecule has 0 aliphatic carbocycles. The summed E-state index contributed by atoms with van der Waals surface area (Å²) in [5.74, 6) is -6.97. The van der Waals surface area contributed by atoms with Crippen molar-refractivity contribution in [2.24, 2.45) is 0 Å². The van der Waals surface area contributed by atoms with Crippen LogP contribution in [0.3, 0.4) is 0 Å². The summed E-state index contributed by atoms with van der Waals surface area (Å²) >= 11 is 0. The predicted molar refractivity (Wildman–Crippen MR) is 110 cm³/mol. The van der Waals surface area contributed by atoms with Crippen molar-refractivity contribution in [2.75, 3.05) is 19.8 Å². The van der Waals surface area contributed by atoms with Gasteiger partial charge in [0.05, 0.1) is 19.8 Å². The van der Waals surface area contributed by atoms with Crippen LogP contribution < -0.4 is 0 Å². The smallest absolute Gasteiger partial charge is 0.394 e. The zero-order chi connectivity index (χ0) is 29.1. The predicted octanol–water partition coefficient (Wildman–Crippen LogP) is -8.63. The van der Waals surface area contributed by atoms with Gasteiger partial charge in [0.1, 0.15) is 67.1 Å². The number of aliphatic hydroxyl groups excluding tert-OH is 10. The van der Waals surface area contributed by atoms with Crippen LogP contribution in [0.15, 0.2) is 0 Å². The minimum absolute atomic E-state index is 0.851. The van der Waals surface area contributed by atoms with Gasteiger partial charge in [-0.3, -0.25) is 0 Å². The molecule has 0 aromatic heterocycles. The average Bonchev–Trinajstić information content (AvgIpc) is 3.10. The fourth-order valence-corrected chi connectivity index (χ4v) is 5.63. The Kier molecular flexibility index (Phi) is 8.90. The van der Waals surface area contributed by atoms with Gasteiger partial charge in [0, 0.05) is 0 Å². The number of hydrogen-bond donors (Lipinski definition) is 11. The van der Waals surface area contributed by atoms with Crippen molar-refractivity contribution >= 4 is 10.4 Å². The number of hydrogen-bond acceptors (Lipinski definition) is 20. The first-order valence-corrected chi connectivity index (χ1v) is 12.8. The van der Waals surface area contributed by atoms with Crippen molar-refractivity contribution in [3.63, 3.8) is 0 Å². The minimum Gasteiger partial charge on any atom is -0.394 e. The Hall–Kier alpha value is -0.770. The molecule has 4 heterocycles. The Morgan fingerprint density at radius 1 is 0.692 bits per heavy atom. The van der Waals surface area contributed by atoms with Crippen LogP contribution in [-0.2, 0) is 42.4 Å². The lowest BCUT2D eigenvalue weighted by atomic mass is 9.93. The largest absolute Gasteiger partial charge is 0.407 e. The normalized spacial score (nSPS) is 53.9. The Morgan fingerprint density at radius 3 is 1.85 bits per heavy atom. The van der Waals surface area contributed by atoms with Crippen LogP contribution in [0.4, 0.5) is 0 Å². The van der Waals surface area contributed by atoms with Gasteiger partial charge in [0.15, 0.2) is 12.6 Å². The lowest BCUT2D eigenvalue weighted by Gasteiger charge is -2.51. The Morgan fingerprint density at radius 2 is 1.26 bits per heavy atom. The minimum atomic E-state index is -5.23. The lowest BCUT2D eigenvalue weighted by Crippen LogP contribution is -2.75. The van der Waals surface area contributed by atoms with E-state index in [0.29, 0.717) is 0 Å². The second kappa shape index (κ2) is 11.1. The second-order valence-electron chi connectivity index (χ2n) is 9.22. The Balaban J connectivity index is 1.60. The topological polar surface area (TPSA) is 321 Å². The van der Waals surface area contributed by atoms with Crippen LogP contribution in [0.5, 0.6) is 0 Å². The maximum Gasteiger partial charge on any atom is 0.407 e. The average molecular weight is 598 g/mol. The highest BCUT2D eigenvalue weighted by Crippen LogP contribution is 2.49. The molecule has 4 aliphatic rings. The SMILES string of the molecule is O=S1(=O)OC2(O[C@H]3[C@H](O)[C@@H](O)C(O[C@H]4[C@H](O)[C@@H](O)[C@@H](O)O[C@@H]4CO)O[C@@H]3CO)O[C@H](CO)[C@@H](O)[C@H](O)[C@@]2(O)O1. The molecule has 0 amide bonds. The maximum atomic E-state index is 12.1. The van der Waals surface area contributed by atoms with Gasteiger partial charge in [0.2, 0.25) is 0 Å². The molecule has 228 valence electrons. The molecule has 2 unspecified atom stereocenters. The number of aliphatic hydroxyl groups is 11. The van der Waals surface area contributed by atoms with Crippen LogP contribution in [0, 0.1) is 0 Å². The van der Waals surface area contributed by atoms with Crippen LogP contribution in [0.2, 0.25) is 0 Å². The summed E-state index contributed by atoms with van der Waals surface area (Å²) in [5, 5.41) is 111. The van der Waals surface area contributed by atoms with Crippen molar-refractivity contribution in [3.8, 4) is 0 Å². The molecule has 4 fully saturated rings. The highest BCUT2D eigenvalue weighted by atomic mass is 32.3. The van der Waals surface area contributed by atoms with E-state index in [1.54, 1.807) is 0 Å². The standard InChI is InChI=1S/C18H30O20S/c19-1-4-7(22)14(27)17(29)18(35-4,38-39(30,31)37-17)36-13-6(3-21)33-16(11(26)9(13)24)34-12-5(2-20)32-15(28)10(25)8(12)23/h4-16,19-29H,1-3H2/t4-,5-,6-,7-,8-,9-,10-,11-,12-,13-,14+,15+,16?,17-,18?/m1/s1. The first-order valence-electron chi connectivity index (χ1n) is 11.4. The molecule has 0 aromatic carbocycles. The summed E-state index contributed by atoms with van der Waals surface area (Å²) in [6.45, 7) is -3.00. The van der Waals surface area contributed by atoms with Crippen LogP contribution in [0.1, 0.15) is 0 Å². The molecule has 11 N–H and O–H groups in total. The fraction of sp³-hybridized carbons (Fsp3) is 1.00. The van der Waals surface area contributed by atoms with Crippen LogP contribution in [-0.4, -0.2) is 176 Å². The van der Waals surface area contributed by atoms with Crippen LogP contribution in [0.25, 0.3) is 0 Å². The fourth-order valence-electron chi connectivity index (χ4n) is 4.61. The van der Waals surface area contributed by atoms with E-state index in [9.17, 15) is 64.6 Å². The summed E-state index contributed by atoms with van der Waals surface area (Å²) < 4.78 is 59.2. The van der Waals surface area contributed by atoms with Crippen LogP contribution >= 0.6 is 0 Å². The van der Waals surface area contributed by atoms with E-state index in [2.05, 4.69) is 8.37 Å². The monoisotopic (exact) mass is 598 g/mol. The highest BCUT2D eigenvalue weighted by molar-refractivity contribution is 7.82. The first kappa shape index (κ1) is 31.2. The van der Waals surface area contributed by atoms with Crippen molar-refractivity contribution in [1.29, 1.82) is 0 Å². The van der Waals surface area contributed by atoms with Gasteiger partial charge in [-0.15, -0.1) is 0 Å². The molecule has 4 aliphatic heterocycles. The van der Waals surface area contributed by atoms with Gasteiger partial charge >= 0.3 is 16.4 Å². The third kappa shape index (κ3) is 5.20. The molecule has 21 heteroatoms. The number of ether oxygens (including phenoxy) is 5. The summed E-state index contributed by atoms with van der Waals surface area (Å²) in [5.41, 5.74) is 0. The summed E-state index contributed by atoms with van der Waals surface area (Å²) in [6, 6.07) is 0. The third-order valence-electron chi connectivity index (χ3n) is 6.71. The molecule has 39 heavy (non-hydrogen) atoms. The van der Waals surface area contributed by atoms with Gasteiger partial charge in [-0.2, -0.15) is 12.6 Å². The molecule has 0 saturated carbocycles. The summed E-state index contributed by atoms with van der Waals surface area (Å²) in [4.78, 5) is 0. The van der Waals surface area contributed by atoms with E-state index in [1.807, 2.05) is 0 Å². The zero-order valence-electron chi connectivity index (χ0n) is 19.6. The maximum absolute atomic E-state index is 12.1. The molecule has 0 bridgehead atoms. The van der Waals surface area contributed by atoms with E-state index in [-0.39, 0.29) is 0 Å². The van der Waals surface area contributed by atoms with Gasteiger partial charge < -0.3 is 79.9 Å². The van der Waals surface area contributed by atoms with E-state index >= 15 is 0 Å². The van der Waals surface area contributed by atoms with E-state index in [0.717, 1.165) is 0 Å². The van der Waals surface area contributed by atoms with E-state index in [4.69, 9.17) is 23.7 Å². The zero-order valence-corrected chi connectivity index (χ0v) is 20.4. The number of rotatable bonds is 7. The molecule has 0 radical (unpaired) electrons. The second-order valence-corrected chi connectivity index (χ2v) is 10.4. The summed E-state index contributed by atoms with van der Waals surface area (Å²) in [6.07, 6.45) is -25.6. The van der Waals surface area contributed by atoms with Crippen molar-refractivity contribution in [3.05, 3.63) is 0 Å². The number of fused-ring (bicyclic) bond motifs is 1. The molecular weight excluding hydrogens is 568 g/mol. The van der Waals surface area contributed by atoms with Crippen molar-refractivity contribution < 1.29 is 96.6 Å². The first-order chi connectivity index (χ1) is 18.1. The highest BCUT2D eigenvalue weighted by Gasteiger charge is 2.77. The molecule has 15 atom stereocenters. The van der Waals surface area contributed by atoms with Crippen molar-refractivity contribution in [2.45, 2.75) is 91.5 Å². The van der Waals surface area contributed by atoms with Gasteiger partial charge in [-0.05, 0) is 0 Å². The lowest BCUT2D eigenvalue weighted by molar-refractivity contribution is -0.504. The third-order valence-corrected chi connectivity index (χ3v) is 7.60. The molecule has 20 nitrogen and oxygen atoms in total. The summed E-state index contributed by atoms with van der Waals surface area (Å²) in [7, 11) is -5.23. The van der Waals surface area contributed by atoms with Gasteiger partial charge in [-0.1, -0.05) is 0 Å². The molecule has 4 rings (SSSR count). The van der Waals surface area contributed by atoms with Gasteiger partial charge in [0.25, 0.3) is 5.79 Å². The Labute approximate surface area is 218 Å². The molecule has 0 spiro atoms.